The Morgan fingerprint density at radius 2 is 1.76 bits per heavy atom. The summed E-state index contributed by atoms with van der Waals surface area (Å²) in [4.78, 5) is 14.5. The normalized spacial score (nSPS) is 15.0. The molecule has 2 aromatic carbocycles. The summed E-state index contributed by atoms with van der Waals surface area (Å²) in [5, 5.41) is 12.2. The van der Waals surface area contributed by atoms with Crippen molar-refractivity contribution in [2.75, 3.05) is 36.5 Å². The van der Waals surface area contributed by atoms with Crippen molar-refractivity contribution >= 4 is 17.3 Å². The van der Waals surface area contributed by atoms with Gasteiger partial charge in [-0.2, -0.15) is 0 Å². The molecule has 5 heteroatoms. The van der Waals surface area contributed by atoms with Crippen molar-refractivity contribution in [2.24, 2.45) is 5.92 Å². The van der Waals surface area contributed by atoms with E-state index in [1.807, 2.05) is 54.6 Å². The maximum Gasteiger partial charge on any atom is 0.262 e. The minimum absolute atomic E-state index is 0.0229. The van der Waals surface area contributed by atoms with Crippen LogP contribution in [-0.4, -0.2) is 37.3 Å². The topological polar surface area (TPSA) is 61.8 Å². The quantitative estimate of drug-likeness (QED) is 0.849. The minimum Gasteiger partial charge on any atom is -0.484 e. The Kier molecular flexibility index (Phi) is 5.90. The van der Waals surface area contributed by atoms with Crippen molar-refractivity contribution in [2.45, 2.75) is 12.8 Å². The molecule has 132 valence electrons. The Hall–Kier alpha value is -2.53. The van der Waals surface area contributed by atoms with Crippen LogP contribution in [0.4, 0.5) is 11.4 Å². The molecule has 5 nitrogen and oxygen atoms in total. The van der Waals surface area contributed by atoms with Crippen LogP contribution >= 0.6 is 0 Å². The number of ether oxygens (including phenoxy) is 1. The van der Waals surface area contributed by atoms with Crippen molar-refractivity contribution < 1.29 is 14.6 Å². The first-order valence-corrected chi connectivity index (χ1v) is 8.69. The fourth-order valence-electron chi connectivity index (χ4n) is 3.06. The van der Waals surface area contributed by atoms with Gasteiger partial charge >= 0.3 is 0 Å². The molecule has 0 unspecified atom stereocenters. The molecule has 3 rings (SSSR count). The van der Waals surface area contributed by atoms with Gasteiger partial charge in [-0.3, -0.25) is 4.79 Å². The number of aliphatic hydroxyl groups is 1. The minimum atomic E-state index is -0.179. The molecule has 1 amide bonds. The third kappa shape index (κ3) is 4.73. The highest BCUT2D eigenvalue weighted by molar-refractivity contribution is 5.95. The van der Waals surface area contributed by atoms with Crippen LogP contribution in [0.5, 0.6) is 5.75 Å². The second kappa shape index (κ2) is 8.53. The maximum atomic E-state index is 12.2. The summed E-state index contributed by atoms with van der Waals surface area (Å²) in [6.07, 6.45) is 1.94. The molecule has 0 saturated carbocycles. The van der Waals surface area contributed by atoms with E-state index in [-0.39, 0.29) is 19.1 Å². The molecule has 1 aliphatic heterocycles. The predicted molar refractivity (Wildman–Crippen MR) is 99.0 cm³/mol. The van der Waals surface area contributed by atoms with Gasteiger partial charge in [0.15, 0.2) is 6.61 Å². The van der Waals surface area contributed by atoms with Crippen LogP contribution in [0.1, 0.15) is 12.8 Å². The lowest BCUT2D eigenvalue weighted by Gasteiger charge is -2.34. The first kappa shape index (κ1) is 17.3. The number of amides is 1. The van der Waals surface area contributed by atoms with E-state index < -0.39 is 0 Å². The number of carbonyl (C=O) groups is 1. The van der Waals surface area contributed by atoms with E-state index in [0.29, 0.717) is 11.7 Å². The molecule has 1 fully saturated rings. The van der Waals surface area contributed by atoms with Crippen LogP contribution in [0.2, 0.25) is 0 Å². The molecule has 25 heavy (non-hydrogen) atoms. The molecule has 2 N–H and O–H groups in total. The number of rotatable bonds is 6. The van der Waals surface area contributed by atoms with Gasteiger partial charge in [-0.1, -0.05) is 30.3 Å². The summed E-state index contributed by atoms with van der Waals surface area (Å²) in [6, 6.07) is 17.1. The van der Waals surface area contributed by atoms with E-state index in [1.54, 1.807) is 0 Å². The first-order valence-electron chi connectivity index (χ1n) is 8.69. The van der Waals surface area contributed by atoms with Crippen LogP contribution in [-0.2, 0) is 4.79 Å². The maximum absolute atomic E-state index is 12.2. The van der Waals surface area contributed by atoms with Gasteiger partial charge in [0.2, 0.25) is 0 Å². The molecule has 0 radical (unpaired) electrons. The van der Waals surface area contributed by atoms with E-state index >= 15 is 0 Å². The number of para-hydroxylation sites is 3. The summed E-state index contributed by atoms with van der Waals surface area (Å²) in [5.41, 5.74) is 1.82. The van der Waals surface area contributed by atoms with Gasteiger partial charge < -0.3 is 20.1 Å². The number of hydrogen-bond donors (Lipinski definition) is 2. The highest BCUT2D eigenvalue weighted by Gasteiger charge is 2.20. The first-order chi connectivity index (χ1) is 12.3. The van der Waals surface area contributed by atoms with E-state index in [1.165, 1.54) is 0 Å². The summed E-state index contributed by atoms with van der Waals surface area (Å²) in [6.45, 7) is 2.01. The highest BCUT2D eigenvalue weighted by atomic mass is 16.5. The Bertz CT molecular complexity index is 682. The molecule has 0 bridgehead atoms. The van der Waals surface area contributed by atoms with Gasteiger partial charge in [0.1, 0.15) is 5.75 Å². The number of aliphatic hydroxyl groups excluding tert-OH is 1. The number of nitrogens with zero attached hydrogens (tertiary/aromatic N) is 1. The smallest absolute Gasteiger partial charge is 0.262 e. The van der Waals surface area contributed by atoms with Crippen LogP contribution < -0.4 is 15.0 Å². The monoisotopic (exact) mass is 340 g/mol. The summed E-state index contributed by atoms with van der Waals surface area (Å²) in [7, 11) is 0. The molecule has 1 aliphatic rings. The Morgan fingerprint density at radius 3 is 2.48 bits per heavy atom. The number of benzene rings is 2. The molecular weight excluding hydrogens is 316 g/mol. The van der Waals surface area contributed by atoms with Gasteiger partial charge in [-0.25, -0.2) is 0 Å². The number of nitrogens with one attached hydrogen (secondary N) is 1. The average Bonchev–Trinajstić information content (AvgIpc) is 2.68. The summed E-state index contributed by atoms with van der Waals surface area (Å²) < 4.78 is 5.50. The summed E-state index contributed by atoms with van der Waals surface area (Å²) in [5.74, 6) is 0.885. The highest BCUT2D eigenvalue weighted by Crippen LogP contribution is 2.29. The number of anilines is 2. The SMILES string of the molecule is O=C(COc1ccccc1)Nc1ccccc1N1CCC(CO)CC1. The van der Waals surface area contributed by atoms with Crippen molar-refractivity contribution in [1.82, 2.24) is 0 Å². The van der Waals surface area contributed by atoms with E-state index in [2.05, 4.69) is 10.2 Å². The lowest BCUT2D eigenvalue weighted by atomic mass is 9.97. The standard InChI is InChI=1S/C20H24N2O3/c23-14-16-10-12-22(13-11-16)19-9-5-4-8-18(19)21-20(24)15-25-17-6-2-1-3-7-17/h1-9,16,23H,10-15H2,(H,21,24). The predicted octanol–water partition coefficient (Wildman–Crippen LogP) is 2.91. The van der Waals surface area contributed by atoms with E-state index in [0.717, 1.165) is 37.3 Å². The van der Waals surface area contributed by atoms with Crippen molar-refractivity contribution in [3.63, 3.8) is 0 Å². The van der Waals surface area contributed by atoms with Crippen molar-refractivity contribution in [3.05, 3.63) is 54.6 Å². The zero-order chi connectivity index (χ0) is 17.5. The summed E-state index contributed by atoms with van der Waals surface area (Å²) >= 11 is 0. The van der Waals surface area contributed by atoms with Crippen LogP contribution in [0, 0.1) is 5.92 Å². The molecule has 2 aromatic rings. The number of hydrogen-bond acceptors (Lipinski definition) is 4. The van der Waals surface area contributed by atoms with Gasteiger partial charge in [0.05, 0.1) is 11.4 Å². The average molecular weight is 340 g/mol. The molecule has 0 aliphatic carbocycles. The second-order valence-corrected chi connectivity index (χ2v) is 6.28. The molecule has 0 spiro atoms. The molecule has 1 saturated heterocycles. The van der Waals surface area contributed by atoms with Gasteiger partial charge in [0.25, 0.3) is 5.91 Å². The van der Waals surface area contributed by atoms with Crippen molar-refractivity contribution in [1.29, 1.82) is 0 Å². The molecule has 0 atom stereocenters. The third-order valence-corrected chi connectivity index (χ3v) is 4.50. The van der Waals surface area contributed by atoms with E-state index in [9.17, 15) is 9.90 Å². The molecule has 1 heterocycles. The largest absolute Gasteiger partial charge is 0.484 e. The van der Waals surface area contributed by atoms with Crippen molar-refractivity contribution in [3.8, 4) is 5.75 Å². The van der Waals surface area contributed by atoms with E-state index in [4.69, 9.17) is 4.74 Å². The Balaban J connectivity index is 1.60. The lowest BCUT2D eigenvalue weighted by Crippen LogP contribution is -2.35. The van der Waals surface area contributed by atoms with Gasteiger partial charge in [0, 0.05) is 19.7 Å². The Morgan fingerprint density at radius 1 is 1.08 bits per heavy atom. The second-order valence-electron chi connectivity index (χ2n) is 6.28. The molecule has 0 aromatic heterocycles. The van der Waals surface area contributed by atoms with Crippen LogP contribution in [0.3, 0.4) is 0 Å². The van der Waals surface area contributed by atoms with Gasteiger partial charge in [-0.15, -0.1) is 0 Å². The van der Waals surface area contributed by atoms with Gasteiger partial charge in [-0.05, 0) is 43.0 Å². The zero-order valence-corrected chi connectivity index (χ0v) is 14.2. The van der Waals surface area contributed by atoms with Crippen LogP contribution in [0.15, 0.2) is 54.6 Å². The third-order valence-electron chi connectivity index (χ3n) is 4.50. The fourth-order valence-corrected chi connectivity index (χ4v) is 3.06. The Labute approximate surface area is 148 Å². The molecular formula is C20H24N2O3. The number of carbonyl (C=O) groups excluding carboxylic acids is 1. The van der Waals surface area contributed by atoms with Crippen LogP contribution in [0.25, 0.3) is 0 Å². The zero-order valence-electron chi connectivity index (χ0n) is 14.2. The lowest BCUT2D eigenvalue weighted by molar-refractivity contribution is -0.118. The number of piperidine rings is 1. The fraction of sp³-hybridized carbons (Fsp3) is 0.350.